The average Bonchev–Trinajstić information content (AvgIpc) is 2.24. The van der Waals surface area contributed by atoms with Crippen LogP contribution in [0.25, 0.3) is 0 Å². The molecule has 0 aliphatic rings. The van der Waals surface area contributed by atoms with E-state index in [1.54, 1.807) is 7.11 Å². The van der Waals surface area contributed by atoms with E-state index in [1.807, 2.05) is 0 Å². The van der Waals surface area contributed by atoms with Gasteiger partial charge in [-0.3, -0.25) is 0 Å². The zero-order valence-corrected chi connectivity index (χ0v) is 11.0. The van der Waals surface area contributed by atoms with E-state index in [4.69, 9.17) is 16.3 Å². The average molecular weight is 242 g/mol. The van der Waals surface area contributed by atoms with Gasteiger partial charge in [-0.1, -0.05) is 18.2 Å². The Labute approximate surface area is 103 Å². The molecule has 0 saturated heterocycles. The zero-order chi connectivity index (χ0) is 12.0. The maximum Gasteiger partial charge on any atom is 0.0694 e. The van der Waals surface area contributed by atoms with Gasteiger partial charge < -0.3 is 10.1 Å². The molecule has 0 radical (unpaired) electrons. The van der Waals surface area contributed by atoms with Crippen molar-refractivity contribution in [1.82, 2.24) is 5.32 Å². The van der Waals surface area contributed by atoms with Gasteiger partial charge in [0, 0.05) is 20.2 Å². The minimum atomic E-state index is 0.0385. The van der Waals surface area contributed by atoms with E-state index in [1.165, 1.54) is 16.7 Å². The monoisotopic (exact) mass is 241 g/mol. The molecule has 0 heterocycles. The van der Waals surface area contributed by atoms with Gasteiger partial charge in [0.25, 0.3) is 0 Å². The first-order chi connectivity index (χ1) is 7.63. The van der Waals surface area contributed by atoms with Gasteiger partial charge >= 0.3 is 0 Å². The summed E-state index contributed by atoms with van der Waals surface area (Å²) in [4.78, 5) is 0. The molecule has 0 spiro atoms. The number of nitrogens with one attached hydrogen (secondary N) is 1. The van der Waals surface area contributed by atoms with Gasteiger partial charge in [-0.05, 0) is 30.5 Å². The maximum atomic E-state index is 6.02. The molecule has 1 aromatic rings. The minimum absolute atomic E-state index is 0.0385. The van der Waals surface area contributed by atoms with E-state index in [0.717, 1.165) is 13.1 Å². The Morgan fingerprint density at radius 1 is 1.31 bits per heavy atom. The number of ether oxygens (including phenoxy) is 1. The van der Waals surface area contributed by atoms with Crippen LogP contribution in [0.2, 0.25) is 0 Å². The molecule has 1 rings (SSSR count). The van der Waals surface area contributed by atoms with Crippen molar-refractivity contribution in [2.24, 2.45) is 0 Å². The normalized spacial score (nSPS) is 12.8. The molecule has 1 unspecified atom stereocenters. The molecule has 0 aromatic heterocycles. The number of hydrogen-bond donors (Lipinski definition) is 1. The first-order valence-corrected chi connectivity index (χ1v) is 5.97. The topological polar surface area (TPSA) is 21.3 Å². The Morgan fingerprint density at radius 3 is 2.69 bits per heavy atom. The molecule has 90 valence electrons. The molecular formula is C13H20ClNO. The highest BCUT2D eigenvalue weighted by Gasteiger charge is 2.03. The summed E-state index contributed by atoms with van der Waals surface area (Å²) < 4.78 is 4.97. The summed E-state index contributed by atoms with van der Waals surface area (Å²) >= 11 is 6.02. The van der Waals surface area contributed by atoms with Crippen molar-refractivity contribution < 1.29 is 4.74 Å². The van der Waals surface area contributed by atoms with Gasteiger partial charge in [0.15, 0.2) is 0 Å². The van der Waals surface area contributed by atoms with Crippen molar-refractivity contribution in [3.05, 3.63) is 34.9 Å². The fourth-order valence-corrected chi connectivity index (χ4v) is 1.76. The highest BCUT2D eigenvalue weighted by Crippen LogP contribution is 2.09. The van der Waals surface area contributed by atoms with Gasteiger partial charge in [0.2, 0.25) is 0 Å². The van der Waals surface area contributed by atoms with E-state index < -0.39 is 0 Å². The molecule has 1 N–H and O–H groups in total. The number of halogens is 1. The molecule has 3 heteroatoms. The predicted octanol–water partition coefficient (Wildman–Crippen LogP) is 2.65. The van der Waals surface area contributed by atoms with Crippen LogP contribution in [-0.4, -0.2) is 25.6 Å². The van der Waals surface area contributed by atoms with Gasteiger partial charge in [-0.25, -0.2) is 0 Å². The minimum Gasteiger partial charge on any atom is -0.383 e. The van der Waals surface area contributed by atoms with Crippen LogP contribution in [0.15, 0.2) is 18.2 Å². The predicted molar refractivity (Wildman–Crippen MR) is 69.1 cm³/mol. The third kappa shape index (κ3) is 4.52. The van der Waals surface area contributed by atoms with Crippen molar-refractivity contribution in [2.45, 2.75) is 25.8 Å². The molecule has 1 aromatic carbocycles. The van der Waals surface area contributed by atoms with E-state index >= 15 is 0 Å². The molecule has 0 aliphatic heterocycles. The molecule has 16 heavy (non-hydrogen) atoms. The maximum absolute atomic E-state index is 6.02. The van der Waals surface area contributed by atoms with Crippen molar-refractivity contribution >= 4 is 11.6 Å². The lowest BCUT2D eigenvalue weighted by Crippen LogP contribution is -2.25. The smallest absolute Gasteiger partial charge is 0.0694 e. The molecule has 0 saturated carbocycles. The van der Waals surface area contributed by atoms with Crippen LogP contribution >= 0.6 is 11.6 Å². The van der Waals surface area contributed by atoms with Crippen LogP contribution in [0.1, 0.15) is 16.7 Å². The lowest BCUT2D eigenvalue weighted by atomic mass is 10.1. The highest BCUT2D eigenvalue weighted by molar-refractivity contribution is 6.20. The molecule has 0 bridgehead atoms. The summed E-state index contributed by atoms with van der Waals surface area (Å²) in [6, 6.07) is 6.51. The number of rotatable bonds is 6. The quantitative estimate of drug-likeness (QED) is 0.774. The molecule has 0 amide bonds. The number of methoxy groups -OCH3 is 1. The van der Waals surface area contributed by atoms with Crippen LogP contribution in [0.4, 0.5) is 0 Å². The van der Waals surface area contributed by atoms with Gasteiger partial charge in [-0.15, -0.1) is 11.6 Å². The summed E-state index contributed by atoms with van der Waals surface area (Å²) in [6.07, 6.45) is 0. The van der Waals surface area contributed by atoms with Crippen LogP contribution in [0.5, 0.6) is 0 Å². The first-order valence-electron chi connectivity index (χ1n) is 5.53. The second kappa shape index (κ2) is 6.89. The van der Waals surface area contributed by atoms with Crippen LogP contribution in [0, 0.1) is 13.8 Å². The van der Waals surface area contributed by atoms with Crippen molar-refractivity contribution in [3.8, 4) is 0 Å². The second-order valence-corrected chi connectivity index (χ2v) is 4.72. The summed E-state index contributed by atoms with van der Waals surface area (Å²) in [5, 5.41) is 3.36. The van der Waals surface area contributed by atoms with Gasteiger partial charge in [0.05, 0.1) is 12.0 Å². The second-order valence-electron chi connectivity index (χ2n) is 4.10. The molecule has 1 atom stereocenters. The molecule has 2 nitrogen and oxygen atoms in total. The Hall–Kier alpha value is -0.570. The van der Waals surface area contributed by atoms with Gasteiger partial charge in [0.1, 0.15) is 0 Å². The first kappa shape index (κ1) is 13.5. The fourth-order valence-electron chi connectivity index (χ4n) is 1.53. The third-order valence-electron chi connectivity index (χ3n) is 2.61. The highest BCUT2D eigenvalue weighted by atomic mass is 35.5. The number of aryl methyl sites for hydroxylation is 2. The number of hydrogen-bond acceptors (Lipinski definition) is 2. The molecule has 0 aliphatic carbocycles. The molecule has 0 fully saturated rings. The number of benzene rings is 1. The Bertz CT molecular complexity index is 328. The van der Waals surface area contributed by atoms with Crippen LogP contribution < -0.4 is 5.32 Å². The van der Waals surface area contributed by atoms with E-state index in [0.29, 0.717) is 6.61 Å². The largest absolute Gasteiger partial charge is 0.383 e. The van der Waals surface area contributed by atoms with E-state index in [9.17, 15) is 0 Å². The zero-order valence-electron chi connectivity index (χ0n) is 10.2. The Kier molecular flexibility index (Phi) is 5.81. The van der Waals surface area contributed by atoms with Crippen LogP contribution in [0.3, 0.4) is 0 Å². The Balaban J connectivity index is 2.34. The van der Waals surface area contributed by atoms with Crippen molar-refractivity contribution in [3.63, 3.8) is 0 Å². The van der Waals surface area contributed by atoms with Crippen LogP contribution in [-0.2, 0) is 11.3 Å². The van der Waals surface area contributed by atoms with Crippen molar-refractivity contribution in [1.29, 1.82) is 0 Å². The lowest BCUT2D eigenvalue weighted by molar-refractivity contribution is 0.197. The third-order valence-corrected chi connectivity index (χ3v) is 2.89. The summed E-state index contributed by atoms with van der Waals surface area (Å²) in [7, 11) is 1.67. The van der Waals surface area contributed by atoms with E-state index in [-0.39, 0.29) is 5.38 Å². The molecular weight excluding hydrogens is 222 g/mol. The summed E-state index contributed by atoms with van der Waals surface area (Å²) in [5.74, 6) is 0. The number of alkyl halides is 1. The van der Waals surface area contributed by atoms with Gasteiger partial charge in [-0.2, -0.15) is 0 Å². The standard InChI is InChI=1S/C13H20ClNO/c1-10-4-5-12(6-11(10)2)7-15-8-13(14)9-16-3/h4-6,13,15H,7-9H2,1-3H3. The van der Waals surface area contributed by atoms with Crippen molar-refractivity contribution in [2.75, 3.05) is 20.3 Å². The fraction of sp³-hybridized carbons (Fsp3) is 0.538. The SMILES string of the molecule is COCC(Cl)CNCc1ccc(C)c(C)c1. The van der Waals surface area contributed by atoms with E-state index in [2.05, 4.69) is 37.4 Å². The lowest BCUT2D eigenvalue weighted by Gasteiger charge is -2.10. The summed E-state index contributed by atoms with van der Waals surface area (Å²) in [5.41, 5.74) is 3.96. The summed E-state index contributed by atoms with van der Waals surface area (Å²) in [6.45, 7) is 6.46. The Morgan fingerprint density at radius 2 is 2.06 bits per heavy atom.